The Balaban J connectivity index is 2.61. The first-order valence-corrected chi connectivity index (χ1v) is 6.94. The van der Waals surface area contributed by atoms with Crippen molar-refractivity contribution in [3.8, 4) is 0 Å². The lowest BCUT2D eigenvalue weighted by atomic mass is 9.98. The topological polar surface area (TPSA) is 17.1 Å². The van der Waals surface area contributed by atoms with Gasteiger partial charge in [-0.05, 0) is 49.2 Å². The molecule has 0 aliphatic carbocycles. The van der Waals surface area contributed by atoms with Crippen LogP contribution in [0.25, 0.3) is 0 Å². The number of hydrogen-bond acceptors (Lipinski definition) is 1. The summed E-state index contributed by atoms with van der Waals surface area (Å²) in [5.74, 6) is -2.60. The summed E-state index contributed by atoms with van der Waals surface area (Å²) in [5.41, 5.74) is 1.23. The molecular formula is C15H10BrClF2O. The first kappa shape index (κ1) is 15.1. The molecule has 20 heavy (non-hydrogen) atoms. The molecule has 104 valence electrons. The minimum atomic E-state index is -0.920. The van der Waals surface area contributed by atoms with Gasteiger partial charge in [0.25, 0.3) is 0 Å². The molecule has 0 spiro atoms. The molecule has 0 atom stereocenters. The van der Waals surface area contributed by atoms with Crippen LogP contribution in [-0.4, -0.2) is 5.78 Å². The number of ketones is 1. The summed E-state index contributed by atoms with van der Waals surface area (Å²) in [4.78, 5) is 12.3. The second-order valence-corrected chi connectivity index (χ2v) is 5.81. The number of rotatable bonds is 2. The Kier molecular flexibility index (Phi) is 4.25. The van der Waals surface area contributed by atoms with Crippen LogP contribution in [0.1, 0.15) is 27.0 Å². The number of carbonyl (C=O) groups excluding carboxylic acids is 1. The highest BCUT2D eigenvalue weighted by molar-refractivity contribution is 9.10. The van der Waals surface area contributed by atoms with Crippen molar-refractivity contribution in [1.82, 2.24) is 0 Å². The fourth-order valence-electron chi connectivity index (χ4n) is 1.85. The van der Waals surface area contributed by atoms with E-state index in [9.17, 15) is 13.6 Å². The molecule has 0 bridgehead atoms. The van der Waals surface area contributed by atoms with Crippen LogP contribution >= 0.6 is 27.5 Å². The van der Waals surface area contributed by atoms with E-state index in [-0.39, 0.29) is 15.1 Å². The van der Waals surface area contributed by atoms with Crippen molar-refractivity contribution < 1.29 is 13.6 Å². The average molecular weight is 360 g/mol. The van der Waals surface area contributed by atoms with Gasteiger partial charge in [-0.1, -0.05) is 27.5 Å². The first-order valence-electron chi connectivity index (χ1n) is 5.77. The monoisotopic (exact) mass is 358 g/mol. The largest absolute Gasteiger partial charge is 0.288 e. The lowest BCUT2D eigenvalue weighted by molar-refractivity contribution is 0.103. The van der Waals surface area contributed by atoms with E-state index in [0.29, 0.717) is 0 Å². The fraction of sp³-hybridized carbons (Fsp3) is 0.133. The van der Waals surface area contributed by atoms with Crippen LogP contribution in [0.15, 0.2) is 28.7 Å². The van der Waals surface area contributed by atoms with Gasteiger partial charge >= 0.3 is 0 Å². The van der Waals surface area contributed by atoms with Gasteiger partial charge in [0.2, 0.25) is 0 Å². The SMILES string of the molecule is Cc1cc(Cl)c(C(=O)c2c(F)cc(Br)cc2F)cc1C. The van der Waals surface area contributed by atoms with E-state index in [1.165, 1.54) is 0 Å². The van der Waals surface area contributed by atoms with Gasteiger partial charge in [-0.15, -0.1) is 0 Å². The van der Waals surface area contributed by atoms with Crippen LogP contribution in [0, 0.1) is 25.5 Å². The molecule has 0 N–H and O–H groups in total. The Hall–Kier alpha value is -1.26. The Bertz CT molecular complexity index is 690. The predicted molar refractivity (Wildman–Crippen MR) is 78.4 cm³/mol. The lowest BCUT2D eigenvalue weighted by Crippen LogP contribution is -2.09. The normalized spacial score (nSPS) is 10.7. The van der Waals surface area contributed by atoms with Crippen LogP contribution in [0.3, 0.4) is 0 Å². The summed E-state index contributed by atoms with van der Waals surface area (Å²) in [7, 11) is 0. The zero-order chi connectivity index (χ0) is 15.0. The van der Waals surface area contributed by atoms with Crippen molar-refractivity contribution in [3.05, 3.63) is 67.6 Å². The molecule has 0 heterocycles. The van der Waals surface area contributed by atoms with Gasteiger partial charge in [-0.25, -0.2) is 8.78 Å². The molecule has 2 aromatic rings. The van der Waals surface area contributed by atoms with Crippen molar-refractivity contribution in [2.24, 2.45) is 0 Å². The van der Waals surface area contributed by atoms with Gasteiger partial charge < -0.3 is 0 Å². The van der Waals surface area contributed by atoms with Gasteiger partial charge in [0.1, 0.15) is 11.6 Å². The maximum atomic E-state index is 13.8. The molecule has 0 aromatic heterocycles. The molecule has 0 aliphatic heterocycles. The summed E-state index contributed by atoms with van der Waals surface area (Å²) >= 11 is 8.98. The van der Waals surface area contributed by atoms with Gasteiger partial charge in [0, 0.05) is 10.0 Å². The van der Waals surface area contributed by atoms with E-state index in [0.717, 1.165) is 23.3 Å². The molecule has 1 nitrogen and oxygen atoms in total. The highest BCUT2D eigenvalue weighted by Gasteiger charge is 2.22. The van der Waals surface area contributed by atoms with Crippen molar-refractivity contribution in [2.45, 2.75) is 13.8 Å². The first-order chi connectivity index (χ1) is 9.31. The van der Waals surface area contributed by atoms with Gasteiger partial charge in [0.15, 0.2) is 5.78 Å². The predicted octanol–water partition coefficient (Wildman–Crippen LogP) is 5.23. The zero-order valence-electron chi connectivity index (χ0n) is 10.7. The van der Waals surface area contributed by atoms with E-state index in [4.69, 9.17) is 11.6 Å². The van der Waals surface area contributed by atoms with E-state index < -0.39 is 23.0 Å². The van der Waals surface area contributed by atoms with Crippen molar-refractivity contribution >= 4 is 33.3 Å². The molecule has 2 rings (SSSR count). The summed E-state index contributed by atoms with van der Waals surface area (Å²) < 4.78 is 27.9. The molecule has 0 fully saturated rings. The minimum absolute atomic E-state index is 0.0925. The zero-order valence-corrected chi connectivity index (χ0v) is 13.1. The Labute approximate surface area is 128 Å². The van der Waals surface area contributed by atoms with Crippen LogP contribution in [0.4, 0.5) is 8.78 Å². The Morgan fingerprint density at radius 3 is 2.10 bits per heavy atom. The number of halogens is 4. The summed E-state index contributed by atoms with van der Waals surface area (Å²) in [6, 6.07) is 5.25. The standard InChI is InChI=1S/C15H10BrClF2O/c1-7-3-10(11(17)4-8(7)2)15(20)14-12(18)5-9(16)6-13(14)19/h3-6H,1-2H3. The molecule has 0 saturated carbocycles. The van der Waals surface area contributed by atoms with Crippen molar-refractivity contribution in [2.75, 3.05) is 0 Å². The molecule has 5 heteroatoms. The average Bonchev–Trinajstić information content (AvgIpc) is 2.32. The van der Waals surface area contributed by atoms with Crippen LogP contribution in [0.5, 0.6) is 0 Å². The maximum absolute atomic E-state index is 13.8. The summed E-state index contributed by atoms with van der Waals surface area (Å²) in [5, 5.41) is 0.180. The molecule has 0 aliphatic rings. The summed E-state index contributed by atoms with van der Waals surface area (Å²) in [6.07, 6.45) is 0. The van der Waals surface area contributed by atoms with Crippen LogP contribution < -0.4 is 0 Å². The van der Waals surface area contributed by atoms with Gasteiger partial charge in [-0.2, -0.15) is 0 Å². The van der Waals surface area contributed by atoms with Crippen molar-refractivity contribution in [3.63, 3.8) is 0 Å². The third kappa shape index (κ3) is 2.76. The molecule has 0 radical (unpaired) electrons. The number of hydrogen-bond donors (Lipinski definition) is 0. The Morgan fingerprint density at radius 1 is 1.05 bits per heavy atom. The number of aryl methyl sites for hydroxylation is 2. The number of carbonyl (C=O) groups is 1. The van der Waals surface area contributed by atoms with Crippen LogP contribution in [0.2, 0.25) is 5.02 Å². The highest BCUT2D eigenvalue weighted by atomic mass is 79.9. The summed E-state index contributed by atoms with van der Waals surface area (Å²) in [6.45, 7) is 3.65. The third-order valence-electron chi connectivity index (χ3n) is 3.06. The van der Waals surface area contributed by atoms with Crippen LogP contribution in [-0.2, 0) is 0 Å². The second kappa shape index (κ2) is 5.62. The highest BCUT2D eigenvalue weighted by Crippen LogP contribution is 2.27. The second-order valence-electron chi connectivity index (χ2n) is 4.49. The van der Waals surface area contributed by atoms with E-state index >= 15 is 0 Å². The molecule has 0 saturated heterocycles. The van der Waals surface area contributed by atoms with Gasteiger partial charge in [-0.3, -0.25) is 4.79 Å². The number of benzene rings is 2. The Morgan fingerprint density at radius 2 is 1.55 bits per heavy atom. The quantitative estimate of drug-likeness (QED) is 0.671. The molecular weight excluding hydrogens is 350 g/mol. The van der Waals surface area contributed by atoms with Gasteiger partial charge in [0.05, 0.1) is 10.6 Å². The third-order valence-corrected chi connectivity index (χ3v) is 3.83. The van der Waals surface area contributed by atoms with E-state index in [1.807, 2.05) is 6.92 Å². The minimum Gasteiger partial charge on any atom is -0.288 e. The lowest BCUT2D eigenvalue weighted by Gasteiger charge is -2.09. The smallest absolute Gasteiger partial charge is 0.200 e. The molecule has 0 unspecified atom stereocenters. The van der Waals surface area contributed by atoms with E-state index in [2.05, 4.69) is 15.9 Å². The molecule has 2 aromatic carbocycles. The molecule has 0 amide bonds. The fourth-order valence-corrected chi connectivity index (χ4v) is 2.55. The van der Waals surface area contributed by atoms with Crippen molar-refractivity contribution in [1.29, 1.82) is 0 Å². The maximum Gasteiger partial charge on any atom is 0.200 e. The van der Waals surface area contributed by atoms with E-state index in [1.54, 1.807) is 19.1 Å².